The van der Waals surface area contributed by atoms with Gasteiger partial charge in [0.15, 0.2) is 11.5 Å². The van der Waals surface area contributed by atoms with Crippen molar-refractivity contribution >= 4 is 5.78 Å². The Morgan fingerprint density at radius 2 is 1.91 bits per heavy atom. The summed E-state index contributed by atoms with van der Waals surface area (Å²) in [4.78, 5) is 22.8. The van der Waals surface area contributed by atoms with E-state index in [1.807, 2.05) is 0 Å². The lowest BCUT2D eigenvalue weighted by molar-refractivity contribution is -0.155. The topological polar surface area (TPSA) is 81.4 Å². The van der Waals surface area contributed by atoms with Crippen LogP contribution in [0.3, 0.4) is 0 Å². The van der Waals surface area contributed by atoms with Crippen LogP contribution in [0.15, 0.2) is 23.0 Å². The van der Waals surface area contributed by atoms with E-state index < -0.39 is 11.9 Å². The number of nitrogens with zero attached hydrogens (tertiary/aromatic N) is 4. The zero-order valence-electron chi connectivity index (χ0n) is 19.9. The van der Waals surface area contributed by atoms with Crippen molar-refractivity contribution in [3.63, 3.8) is 0 Å². The fourth-order valence-electron chi connectivity index (χ4n) is 5.89. The van der Waals surface area contributed by atoms with Crippen molar-refractivity contribution in [1.29, 1.82) is 0 Å². The molecule has 3 fully saturated rings. The monoisotopic (exact) mass is 492 g/mol. The van der Waals surface area contributed by atoms with Gasteiger partial charge in [-0.25, -0.2) is 9.97 Å². The number of carbonyl (C=O) groups is 1. The molecule has 1 saturated heterocycles. The van der Waals surface area contributed by atoms with Gasteiger partial charge in [0, 0.05) is 31.0 Å². The number of ketones is 1. The van der Waals surface area contributed by atoms with E-state index in [0.717, 1.165) is 64.2 Å². The van der Waals surface area contributed by atoms with Gasteiger partial charge < -0.3 is 14.2 Å². The normalized spacial score (nSPS) is 28.6. The van der Waals surface area contributed by atoms with Crippen molar-refractivity contribution in [2.75, 3.05) is 26.2 Å². The molecule has 2 aromatic heterocycles. The number of alkyl halides is 3. The second-order valence-corrected chi connectivity index (χ2v) is 10.5. The molecule has 0 N–H and O–H groups in total. The molecule has 1 aliphatic heterocycles. The molecule has 0 aromatic carbocycles. The quantitative estimate of drug-likeness (QED) is 0.506. The van der Waals surface area contributed by atoms with Gasteiger partial charge in [-0.2, -0.15) is 13.2 Å². The first kappa shape index (κ1) is 24.2. The van der Waals surface area contributed by atoms with Crippen LogP contribution in [0.25, 0.3) is 0 Å². The zero-order valence-corrected chi connectivity index (χ0v) is 19.9. The minimum atomic E-state index is -4.49. The Balaban J connectivity index is 1.00. The van der Waals surface area contributed by atoms with Crippen LogP contribution in [0, 0.1) is 24.7 Å². The van der Waals surface area contributed by atoms with E-state index in [-0.39, 0.29) is 17.8 Å². The van der Waals surface area contributed by atoms with E-state index in [9.17, 15) is 18.0 Å². The van der Waals surface area contributed by atoms with Crippen molar-refractivity contribution in [3.05, 3.63) is 35.7 Å². The summed E-state index contributed by atoms with van der Waals surface area (Å²) < 4.78 is 48.7. The Morgan fingerprint density at radius 3 is 2.60 bits per heavy atom. The first-order valence-electron chi connectivity index (χ1n) is 12.4. The number of aromatic nitrogens is 3. The van der Waals surface area contributed by atoms with Crippen LogP contribution in [0.4, 0.5) is 13.2 Å². The molecule has 10 heteroatoms. The summed E-state index contributed by atoms with van der Waals surface area (Å²) >= 11 is 0. The number of likely N-dealkylation sites (tertiary alicyclic amines) is 1. The molecule has 35 heavy (non-hydrogen) atoms. The van der Waals surface area contributed by atoms with Gasteiger partial charge in [-0.05, 0) is 56.9 Å². The van der Waals surface area contributed by atoms with Crippen LogP contribution < -0.4 is 4.74 Å². The summed E-state index contributed by atoms with van der Waals surface area (Å²) in [6.07, 6.45) is 5.54. The summed E-state index contributed by atoms with van der Waals surface area (Å²) in [5.74, 6) is 1.71. The second-order valence-electron chi connectivity index (χ2n) is 10.5. The van der Waals surface area contributed by atoms with Crippen molar-refractivity contribution in [1.82, 2.24) is 20.0 Å². The number of carbonyl (C=O) groups excluding carboxylic acids is 1. The molecule has 0 amide bonds. The third-order valence-electron chi connectivity index (χ3n) is 8.01. The Labute approximate surface area is 202 Å². The molecule has 0 spiro atoms. The maximum atomic E-state index is 12.9. The molecule has 0 bridgehead atoms. The van der Waals surface area contributed by atoms with Gasteiger partial charge >= 0.3 is 6.18 Å². The standard InChI is InChI=1S/C25H31F3N4O3/c1-16-29-11-21(12-30-16)34-14-20(33)8-18-4-2-17(3-5-18)6-7-32-13-19-10-24(19,15-32)22-9-23(35-31-22)25(26,27)28/h9,11-12,17-19H,2-8,10,13-15H2,1H3/t17?,18?,19-,24-/m0/s1. The highest BCUT2D eigenvalue weighted by Crippen LogP contribution is 2.59. The number of aryl methyl sites for hydroxylation is 1. The number of hydrogen-bond donors (Lipinski definition) is 0. The Morgan fingerprint density at radius 1 is 1.20 bits per heavy atom. The largest absolute Gasteiger partial charge is 0.483 e. The molecule has 2 aromatic rings. The average molecular weight is 493 g/mol. The molecule has 5 rings (SSSR count). The summed E-state index contributed by atoms with van der Waals surface area (Å²) in [7, 11) is 0. The maximum Gasteiger partial charge on any atom is 0.452 e. The van der Waals surface area contributed by atoms with E-state index in [2.05, 4.69) is 24.5 Å². The van der Waals surface area contributed by atoms with E-state index in [1.165, 1.54) is 0 Å². The van der Waals surface area contributed by atoms with E-state index in [0.29, 0.717) is 41.4 Å². The predicted molar refractivity (Wildman–Crippen MR) is 120 cm³/mol. The number of hydrogen-bond acceptors (Lipinski definition) is 7. The molecule has 2 aliphatic carbocycles. The van der Waals surface area contributed by atoms with Crippen LogP contribution in [0.2, 0.25) is 0 Å². The van der Waals surface area contributed by atoms with Gasteiger partial charge in [0.1, 0.15) is 12.4 Å². The van der Waals surface area contributed by atoms with Crippen molar-refractivity contribution in [2.45, 2.75) is 63.5 Å². The highest BCUT2D eigenvalue weighted by atomic mass is 19.4. The molecule has 2 saturated carbocycles. The highest BCUT2D eigenvalue weighted by molar-refractivity contribution is 5.80. The molecule has 3 heterocycles. The molecular formula is C25H31F3N4O3. The smallest absolute Gasteiger partial charge is 0.452 e. The molecule has 190 valence electrons. The molecule has 2 atom stereocenters. The molecule has 7 nitrogen and oxygen atoms in total. The zero-order chi connectivity index (χ0) is 24.6. The predicted octanol–water partition coefficient (Wildman–Crippen LogP) is 4.60. The SMILES string of the molecule is Cc1ncc(OCC(=O)CC2CCC(CCN3C[C@@H]4C[C@]4(c4cc(C(F)(F)F)on4)C3)CC2)cn1. The van der Waals surface area contributed by atoms with Crippen molar-refractivity contribution in [2.24, 2.45) is 17.8 Å². The first-order chi connectivity index (χ1) is 16.7. The van der Waals surface area contributed by atoms with Crippen LogP contribution in [0.5, 0.6) is 5.75 Å². The van der Waals surface area contributed by atoms with Crippen LogP contribution in [-0.4, -0.2) is 52.0 Å². The van der Waals surface area contributed by atoms with E-state index in [4.69, 9.17) is 4.74 Å². The third kappa shape index (κ3) is 5.52. The molecule has 3 aliphatic rings. The van der Waals surface area contributed by atoms with E-state index >= 15 is 0 Å². The van der Waals surface area contributed by atoms with Gasteiger partial charge in [-0.1, -0.05) is 18.0 Å². The first-order valence-corrected chi connectivity index (χ1v) is 12.4. The Bertz CT molecular complexity index is 1030. The number of piperidine rings is 1. The van der Waals surface area contributed by atoms with Gasteiger partial charge in [-0.3, -0.25) is 4.79 Å². The average Bonchev–Trinajstić information content (AvgIpc) is 3.16. The molecule has 0 radical (unpaired) electrons. The molecule has 0 unspecified atom stereocenters. The van der Waals surface area contributed by atoms with Gasteiger partial charge in [0.2, 0.25) is 5.76 Å². The van der Waals surface area contributed by atoms with Gasteiger partial charge in [-0.15, -0.1) is 0 Å². The highest BCUT2D eigenvalue weighted by Gasteiger charge is 2.62. The van der Waals surface area contributed by atoms with Crippen LogP contribution in [0.1, 0.15) is 62.2 Å². The Hall–Kier alpha value is -2.49. The lowest BCUT2D eigenvalue weighted by Gasteiger charge is -2.30. The summed E-state index contributed by atoms with van der Waals surface area (Å²) in [6.45, 7) is 4.49. The summed E-state index contributed by atoms with van der Waals surface area (Å²) in [6, 6.07) is 1.09. The van der Waals surface area contributed by atoms with Crippen LogP contribution >= 0.6 is 0 Å². The lowest BCUT2D eigenvalue weighted by Crippen LogP contribution is -2.29. The lowest BCUT2D eigenvalue weighted by atomic mass is 9.78. The number of fused-ring (bicyclic) bond motifs is 1. The fourth-order valence-corrected chi connectivity index (χ4v) is 5.89. The fraction of sp³-hybridized carbons (Fsp3) is 0.680. The van der Waals surface area contributed by atoms with Gasteiger partial charge in [0.05, 0.1) is 18.1 Å². The Kier molecular flexibility index (Phi) is 6.59. The number of rotatable bonds is 9. The van der Waals surface area contributed by atoms with Crippen LogP contribution in [-0.2, 0) is 16.4 Å². The number of halogens is 3. The minimum Gasteiger partial charge on any atom is -0.483 e. The summed E-state index contributed by atoms with van der Waals surface area (Å²) in [5, 5.41) is 3.76. The minimum absolute atomic E-state index is 0.0558. The third-order valence-corrected chi connectivity index (χ3v) is 8.01. The molecular weight excluding hydrogens is 461 g/mol. The van der Waals surface area contributed by atoms with Crippen molar-refractivity contribution < 1.29 is 27.2 Å². The summed E-state index contributed by atoms with van der Waals surface area (Å²) in [5.41, 5.74) is 0.207. The van der Waals surface area contributed by atoms with Gasteiger partial charge in [0.25, 0.3) is 0 Å². The second kappa shape index (κ2) is 9.52. The maximum absolute atomic E-state index is 12.9. The number of ether oxygens (including phenoxy) is 1. The van der Waals surface area contributed by atoms with Crippen molar-refractivity contribution in [3.8, 4) is 5.75 Å². The number of Topliss-reactive ketones (excluding diaryl/α,β-unsaturated/α-hetero) is 1. The van der Waals surface area contributed by atoms with E-state index in [1.54, 1.807) is 19.3 Å².